The normalized spacial score (nSPS) is 24.1. The van der Waals surface area contributed by atoms with Gasteiger partial charge in [0.15, 0.2) is 0 Å². The number of aliphatic hydroxyl groups is 1. The first-order valence-corrected chi connectivity index (χ1v) is 20.7. The van der Waals surface area contributed by atoms with E-state index >= 15 is 0 Å². The number of hydrogen-bond donors (Lipinski definition) is 3. The Morgan fingerprint density at radius 3 is 2.16 bits per heavy atom. The zero-order valence-electron chi connectivity index (χ0n) is 27.5. The number of nitrogens with one attached hydrogen (secondary N) is 2. The van der Waals surface area contributed by atoms with Gasteiger partial charge in [0.25, 0.3) is 0 Å². The van der Waals surface area contributed by atoms with Gasteiger partial charge in [-0.05, 0) is 0 Å². The van der Waals surface area contributed by atoms with E-state index in [2.05, 4.69) is 9.97 Å². The Balaban J connectivity index is 1.34. The molecule has 18 nitrogen and oxygen atoms in total. The van der Waals surface area contributed by atoms with Crippen LogP contribution in [0.5, 0.6) is 5.75 Å². The molecule has 0 amide bonds. The van der Waals surface area contributed by atoms with Gasteiger partial charge in [0.1, 0.15) is 0 Å². The molecule has 274 valence electrons. The van der Waals surface area contributed by atoms with Crippen molar-refractivity contribution in [1.29, 1.82) is 5.26 Å². The third kappa shape index (κ3) is 9.61. The zero-order chi connectivity index (χ0) is 36.7. The molecule has 1 unspecified atom stereocenters. The molecule has 4 heterocycles. The molecule has 0 aliphatic carbocycles. The number of aromatic amines is 2. The van der Waals surface area contributed by atoms with Crippen LogP contribution in [0.4, 0.5) is 0 Å². The van der Waals surface area contributed by atoms with E-state index in [-0.39, 0.29) is 35.7 Å². The number of carbonyl (C=O) groups excluding carboxylic acids is 1. The van der Waals surface area contributed by atoms with Crippen molar-refractivity contribution in [3.63, 3.8) is 0 Å². The maximum absolute atomic E-state index is 14.3. The molecule has 0 spiro atoms. The van der Waals surface area contributed by atoms with Gasteiger partial charge in [0.2, 0.25) is 0 Å². The number of nitrogens with zero attached hydrogens (tertiary/aromatic N) is 3. The third-order valence-corrected chi connectivity index (χ3v) is 14.2. The molecular formula is C31H36N5O13PSe. The van der Waals surface area contributed by atoms with Gasteiger partial charge in [-0.1, -0.05) is 6.07 Å². The third-order valence-electron chi connectivity index (χ3n) is 7.96. The monoisotopic (exact) mass is 797 g/mol. The predicted octanol–water partition coefficient (Wildman–Crippen LogP) is 0.808. The van der Waals surface area contributed by atoms with Crippen molar-refractivity contribution in [2.45, 2.75) is 75.3 Å². The second kappa shape index (κ2) is 16.9. The van der Waals surface area contributed by atoms with Crippen LogP contribution in [0, 0.1) is 25.2 Å². The molecule has 2 fully saturated rings. The average molecular weight is 797 g/mol. The van der Waals surface area contributed by atoms with Crippen LogP contribution in [-0.4, -0.2) is 88.9 Å². The Kier molecular flexibility index (Phi) is 12.7. The Bertz CT molecular complexity index is 2030. The maximum atomic E-state index is 14.3. The number of carbonyl (C=O) groups is 1. The number of para-hydroxylation sites is 1. The van der Waals surface area contributed by atoms with Crippen LogP contribution in [0.25, 0.3) is 0 Å². The number of hydrogen-bond acceptors (Lipinski definition) is 14. The van der Waals surface area contributed by atoms with Crippen molar-refractivity contribution >= 4 is 26.8 Å². The average Bonchev–Trinajstić information content (AvgIpc) is 3.69. The predicted molar refractivity (Wildman–Crippen MR) is 177 cm³/mol. The zero-order valence-corrected chi connectivity index (χ0v) is 30.1. The van der Waals surface area contributed by atoms with Crippen molar-refractivity contribution in [3.05, 3.63) is 95.5 Å². The summed E-state index contributed by atoms with van der Waals surface area (Å²) in [6.45, 7) is 1.55. The minimum absolute atomic E-state index is 0.0424. The van der Waals surface area contributed by atoms with Crippen LogP contribution in [-0.2, 0) is 32.6 Å². The Morgan fingerprint density at radius 2 is 1.57 bits per heavy atom. The number of esters is 1. The summed E-state index contributed by atoms with van der Waals surface area (Å²) in [5.74, 6) is -0.323. The number of aliphatic hydroxyl groups excluding tert-OH is 1. The first-order chi connectivity index (χ1) is 24.4. The van der Waals surface area contributed by atoms with Gasteiger partial charge in [-0.2, -0.15) is 0 Å². The number of benzene rings is 1. The molecule has 2 aromatic heterocycles. The Hall–Kier alpha value is -4.11. The summed E-state index contributed by atoms with van der Waals surface area (Å²) in [7, 11) is 0. The fraction of sp³-hybridized carbons (Fsp3) is 0.484. The topological polar surface area (TPSA) is 243 Å². The van der Waals surface area contributed by atoms with Crippen LogP contribution < -0.4 is 27.2 Å². The number of ether oxygens (including phenoxy) is 4. The molecular weight excluding hydrogens is 760 g/mol. The number of aromatic nitrogens is 4. The van der Waals surface area contributed by atoms with Crippen molar-refractivity contribution in [3.8, 4) is 11.8 Å². The second-order valence-electron chi connectivity index (χ2n) is 11.6. The van der Waals surface area contributed by atoms with Crippen LogP contribution in [0.3, 0.4) is 0 Å². The number of rotatable bonds is 15. The molecule has 2 aliphatic rings. The Morgan fingerprint density at radius 1 is 0.980 bits per heavy atom. The van der Waals surface area contributed by atoms with Gasteiger partial charge in [-0.15, -0.1) is 0 Å². The van der Waals surface area contributed by atoms with Gasteiger partial charge in [0, 0.05) is 0 Å². The summed E-state index contributed by atoms with van der Waals surface area (Å²) >= 11 is -0.924. The van der Waals surface area contributed by atoms with Gasteiger partial charge < -0.3 is 0 Å². The van der Waals surface area contributed by atoms with E-state index in [1.165, 1.54) is 26.2 Å². The van der Waals surface area contributed by atoms with Crippen LogP contribution in [0.15, 0.2) is 61.9 Å². The van der Waals surface area contributed by atoms with Crippen LogP contribution in [0.2, 0.25) is 5.32 Å². The number of aryl methyl sites for hydroxylation is 2. The second-order valence-corrected chi connectivity index (χ2v) is 18.5. The summed E-state index contributed by atoms with van der Waals surface area (Å²) in [5, 5.41) is 19.4. The summed E-state index contributed by atoms with van der Waals surface area (Å²) in [6, 6.07) is 10.6. The molecule has 1 aromatic carbocycles. The molecule has 2 aliphatic heterocycles. The van der Waals surface area contributed by atoms with Crippen molar-refractivity contribution in [1.82, 2.24) is 19.1 Å². The first-order valence-electron chi connectivity index (χ1n) is 15.8. The van der Waals surface area contributed by atoms with Crippen LogP contribution in [0.1, 0.15) is 42.8 Å². The van der Waals surface area contributed by atoms with E-state index in [1.54, 1.807) is 30.3 Å². The Labute approximate surface area is 295 Å². The fourth-order valence-corrected chi connectivity index (χ4v) is 10.9. The molecule has 3 aromatic rings. The SMILES string of the molecule is Cc1cn([C@H]2C[C@H](OC(=O)COc3ccccc3)[C@@H](COP(=O)(O[C@H]3C[C@H](n4cc(C)c(=O)[nH]c4=O)O[C@@H]3CO)[Se]CCC#N)O2)c(=O)[nH]c1=O. The van der Waals surface area contributed by atoms with Crippen molar-refractivity contribution in [2.24, 2.45) is 0 Å². The first kappa shape index (κ1) is 38.1. The van der Waals surface area contributed by atoms with Gasteiger partial charge >= 0.3 is 290 Å². The summed E-state index contributed by atoms with van der Waals surface area (Å²) in [5.41, 5.74) is -2.17. The molecule has 0 bridgehead atoms. The molecule has 3 N–H and O–H groups in total. The summed E-state index contributed by atoms with van der Waals surface area (Å²) < 4.78 is 51.6. The van der Waals surface area contributed by atoms with E-state index in [1.807, 2.05) is 6.07 Å². The van der Waals surface area contributed by atoms with Gasteiger partial charge in [-0.25, -0.2) is 0 Å². The molecule has 0 radical (unpaired) electrons. The van der Waals surface area contributed by atoms with Crippen LogP contribution >= 0.6 is 6.29 Å². The molecule has 20 heteroatoms. The van der Waals surface area contributed by atoms with Crippen molar-refractivity contribution < 1.29 is 42.5 Å². The molecule has 2 saturated heterocycles. The molecule has 51 heavy (non-hydrogen) atoms. The quantitative estimate of drug-likeness (QED) is 0.0835. The van der Waals surface area contributed by atoms with Gasteiger partial charge in [0.05, 0.1) is 0 Å². The van der Waals surface area contributed by atoms with E-state index in [0.717, 1.165) is 9.13 Å². The van der Waals surface area contributed by atoms with Gasteiger partial charge in [-0.3, -0.25) is 0 Å². The molecule has 5 rings (SSSR count). The van der Waals surface area contributed by atoms with E-state index in [0.29, 0.717) is 5.75 Å². The van der Waals surface area contributed by atoms with E-state index in [9.17, 15) is 33.6 Å². The number of H-pyrrole nitrogens is 2. The standard InChI is InChI=1S/C31H36N5O13PSe/c1-18-13-35(30(41)33-28(18)39)25-11-21(48-27(38)17-44-20-7-4-3-5-8-20)24(47-25)16-45-50(43,51-10-6-9-32)49-22-12-26(46-23(22)15-37)36-14-19(2)29(40)34-31(36)42/h3-5,7-8,13-14,21-26,37H,6,10-12,15-17H2,1-2H3,(H,33,39,41)(H,34,40,42)/t21-,22-,23+,24+,25+,26+,50?/m0/s1. The molecule has 0 saturated carbocycles. The number of nitriles is 1. The molecule has 7 atom stereocenters. The minimum atomic E-state index is -4.06. The van der Waals surface area contributed by atoms with Crippen molar-refractivity contribution in [2.75, 3.05) is 19.8 Å². The van der Waals surface area contributed by atoms with E-state index in [4.69, 9.17) is 33.3 Å². The fourth-order valence-electron chi connectivity index (χ4n) is 5.39. The summed E-state index contributed by atoms with van der Waals surface area (Å²) in [4.78, 5) is 66.3. The van der Waals surface area contributed by atoms with E-state index < -0.39 is 106 Å². The summed E-state index contributed by atoms with van der Waals surface area (Å²) in [6.07, 6.45) is -7.64.